The first-order valence-electron chi connectivity index (χ1n) is 10.8. The second-order valence-electron chi connectivity index (χ2n) is 8.60. The van der Waals surface area contributed by atoms with Crippen LogP contribution >= 0.6 is 11.6 Å². The van der Waals surface area contributed by atoms with Crippen molar-refractivity contribution in [2.45, 2.75) is 32.0 Å². The van der Waals surface area contributed by atoms with Crippen LogP contribution in [0.4, 0.5) is 4.39 Å². The smallest absolute Gasteiger partial charge is 0.242 e. The van der Waals surface area contributed by atoms with E-state index in [0.29, 0.717) is 16.2 Å². The first kappa shape index (κ1) is 26.3. The first-order valence-corrected chi connectivity index (χ1v) is 12.7. The van der Waals surface area contributed by atoms with Crippen molar-refractivity contribution >= 4 is 32.4 Å². The summed E-state index contributed by atoms with van der Waals surface area (Å²) in [6.45, 7) is 2.50. The fourth-order valence-corrected chi connectivity index (χ4v) is 5.95. The third-order valence-corrected chi connectivity index (χ3v) is 7.59. The van der Waals surface area contributed by atoms with E-state index in [1.807, 2.05) is 30.3 Å². The van der Waals surface area contributed by atoms with Crippen LogP contribution in [-0.2, 0) is 26.2 Å². The van der Waals surface area contributed by atoms with Gasteiger partial charge in [-0.3, -0.25) is 4.79 Å². The minimum absolute atomic E-state index is 0.0553. The van der Waals surface area contributed by atoms with Crippen LogP contribution in [0.5, 0.6) is 0 Å². The molecule has 0 radical (unpaired) electrons. The summed E-state index contributed by atoms with van der Waals surface area (Å²) in [5.41, 5.74) is 6.88. The third kappa shape index (κ3) is 6.22. The number of nitrogens with two attached hydrogens (primary N) is 1. The van der Waals surface area contributed by atoms with Gasteiger partial charge in [0.25, 0.3) is 0 Å². The van der Waals surface area contributed by atoms with E-state index < -0.39 is 34.2 Å². The molecule has 0 saturated carbocycles. The monoisotopic (exact) mass is 509 g/mol. The maximum absolute atomic E-state index is 13.4. The van der Waals surface area contributed by atoms with E-state index in [9.17, 15) is 17.6 Å². The normalized spacial score (nSPS) is 17.6. The Hall–Kier alpha value is -2.30. The number of nitrogens with zero attached hydrogens (tertiary/aromatic N) is 1. The Labute approximate surface area is 204 Å². The van der Waals surface area contributed by atoms with Crippen molar-refractivity contribution in [3.63, 3.8) is 0 Å². The molecule has 3 rings (SSSR count). The lowest BCUT2D eigenvalue weighted by Gasteiger charge is -2.30. The predicted molar refractivity (Wildman–Crippen MR) is 131 cm³/mol. The van der Waals surface area contributed by atoms with Gasteiger partial charge in [-0.15, -0.1) is 0 Å². The van der Waals surface area contributed by atoms with Gasteiger partial charge in [-0.2, -0.15) is 0 Å². The lowest BCUT2D eigenvalue weighted by Crippen LogP contribution is -2.49. The van der Waals surface area contributed by atoms with Crippen molar-refractivity contribution in [2.24, 2.45) is 5.73 Å². The number of ether oxygens (including phenoxy) is 1. The number of carbonyl (C=O) groups is 1. The molecule has 184 valence electrons. The zero-order valence-electron chi connectivity index (χ0n) is 19.1. The van der Waals surface area contributed by atoms with Gasteiger partial charge in [0, 0.05) is 18.1 Å². The van der Waals surface area contributed by atoms with Crippen LogP contribution < -0.4 is 10.5 Å². The van der Waals surface area contributed by atoms with Crippen molar-refractivity contribution in [3.05, 3.63) is 76.3 Å². The van der Waals surface area contributed by atoms with E-state index >= 15 is 0 Å². The van der Waals surface area contributed by atoms with Crippen molar-refractivity contribution in [3.8, 4) is 0 Å². The number of amides is 1. The molecule has 7 nitrogen and oxygen atoms in total. The van der Waals surface area contributed by atoms with Gasteiger partial charge in [-0.25, -0.2) is 17.5 Å². The highest BCUT2D eigenvalue weighted by Gasteiger charge is 2.44. The summed E-state index contributed by atoms with van der Waals surface area (Å²) >= 11 is 5.96. The van der Waals surface area contributed by atoms with E-state index in [1.165, 1.54) is 4.90 Å². The van der Waals surface area contributed by atoms with Gasteiger partial charge in [0.05, 0.1) is 23.7 Å². The molecule has 34 heavy (non-hydrogen) atoms. The van der Waals surface area contributed by atoms with Crippen molar-refractivity contribution < 1.29 is 22.3 Å². The van der Waals surface area contributed by atoms with Crippen molar-refractivity contribution in [1.29, 1.82) is 0 Å². The van der Waals surface area contributed by atoms with Gasteiger partial charge in [0.15, 0.2) is 0 Å². The minimum atomic E-state index is -3.86. The number of rotatable bonds is 10. The second kappa shape index (κ2) is 11.0. The summed E-state index contributed by atoms with van der Waals surface area (Å²) in [6.07, 6.45) is 0. The molecule has 0 spiro atoms. The highest BCUT2D eigenvalue weighted by atomic mass is 35.5. The fourth-order valence-electron chi connectivity index (χ4n) is 3.84. The molecule has 0 saturated heterocycles. The molecule has 0 unspecified atom stereocenters. The molecule has 3 N–H and O–H groups in total. The molecule has 0 bridgehead atoms. The van der Waals surface area contributed by atoms with Gasteiger partial charge < -0.3 is 15.4 Å². The van der Waals surface area contributed by atoms with E-state index in [1.54, 1.807) is 38.1 Å². The molecule has 1 aliphatic rings. The largest absolute Gasteiger partial charge is 0.375 e. The molecule has 1 aliphatic heterocycles. The van der Waals surface area contributed by atoms with Crippen LogP contribution in [0.1, 0.15) is 25.0 Å². The summed E-state index contributed by atoms with van der Waals surface area (Å²) in [5, 5.41) is 0.462. The molecule has 1 amide bonds. The van der Waals surface area contributed by atoms with E-state index in [4.69, 9.17) is 22.1 Å². The molecule has 2 aromatic carbocycles. The number of nitrogens with one attached hydrogen (secondary N) is 1. The van der Waals surface area contributed by atoms with Gasteiger partial charge in [-0.05, 0) is 42.7 Å². The summed E-state index contributed by atoms with van der Waals surface area (Å²) in [4.78, 5) is 14.4. The average molecular weight is 510 g/mol. The molecular weight excluding hydrogens is 481 g/mol. The molecule has 0 aliphatic carbocycles. The van der Waals surface area contributed by atoms with Gasteiger partial charge >= 0.3 is 0 Å². The summed E-state index contributed by atoms with van der Waals surface area (Å²) in [5.74, 6) is -0.520. The van der Waals surface area contributed by atoms with E-state index in [2.05, 4.69) is 4.72 Å². The van der Waals surface area contributed by atoms with Crippen LogP contribution in [0.15, 0.2) is 60.2 Å². The Morgan fingerprint density at radius 3 is 2.44 bits per heavy atom. The lowest BCUT2D eigenvalue weighted by molar-refractivity contribution is -0.134. The summed E-state index contributed by atoms with van der Waals surface area (Å²) < 4.78 is 47.5. The van der Waals surface area contributed by atoms with Gasteiger partial charge in [0.1, 0.15) is 12.7 Å². The van der Waals surface area contributed by atoms with Crippen LogP contribution in [0.2, 0.25) is 5.02 Å². The number of sulfonamides is 1. The fraction of sp³-hybridized carbons (Fsp3) is 0.375. The first-order chi connectivity index (χ1) is 16.0. The Balaban J connectivity index is 1.83. The zero-order valence-corrected chi connectivity index (χ0v) is 20.7. The van der Waals surface area contributed by atoms with E-state index in [-0.39, 0.29) is 31.2 Å². The maximum atomic E-state index is 13.4. The topological polar surface area (TPSA) is 102 Å². The molecular formula is C24H29ClFN3O4S. The number of benzene rings is 2. The van der Waals surface area contributed by atoms with Gasteiger partial charge in [0.2, 0.25) is 15.9 Å². The quantitative estimate of drug-likeness (QED) is 0.512. The van der Waals surface area contributed by atoms with Crippen molar-refractivity contribution in [1.82, 2.24) is 9.62 Å². The summed E-state index contributed by atoms with van der Waals surface area (Å²) in [6, 6.07) is 14.8. The zero-order chi connectivity index (χ0) is 24.9. The number of alkyl halides is 1. The Bertz CT molecular complexity index is 1140. The SMILES string of the molecule is CC1(C)NS(=O)(=O)C(c2ccc(Cl)cc2)=C1CN(CCF)C(=O)[C@H](N)COCc1ccccc1. The Morgan fingerprint density at radius 1 is 1.18 bits per heavy atom. The van der Waals surface area contributed by atoms with Crippen LogP contribution in [0, 0.1) is 0 Å². The van der Waals surface area contributed by atoms with Crippen LogP contribution in [-0.4, -0.2) is 57.2 Å². The second-order valence-corrected chi connectivity index (χ2v) is 10.7. The van der Waals surface area contributed by atoms with Crippen LogP contribution in [0.3, 0.4) is 0 Å². The highest BCUT2D eigenvalue weighted by molar-refractivity contribution is 7.99. The Morgan fingerprint density at radius 2 is 1.82 bits per heavy atom. The number of hydrogen-bond donors (Lipinski definition) is 2. The lowest BCUT2D eigenvalue weighted by atomic mass is 9.92. The number of carbonyl (C=O) groups excluding carboxylic acids is 1. The maximum Gasteiger partial charge on any atom is 0.242 e. The molecule has 0 fully saturated rings. The van der Waals surface area contributed by atoms with E-state index in [0.717, 1.165) is 5.56 Å². The van der Waals surface area contributed by atoms with Gasteiger partial charge in [-0.1, -0.05) is 54.1 Å². The highest BCUT2D eigenvalue weighted by Crippen LogP contribution is 2.38. The Kier molecular flexibility index (Phi) is 8.48. The summed E-state index contributed by atoms with van der Waals surface area (Å²) in [7, 11) is -3.86. The molecule has 1 atom stereocenters. The molecule has 1 heterocycles. The van der Waals surface area contributed by atoms with Crippen LogP contribution in [0.25, 0.3) is 4.91 Å². The molecule has 2 aromatic rings. The number of hydrogen-bond acceptors (Lipinski definition) is 5. The minimum Gasteiger partial charge on any atom is -0.375 e. The molecule has 10 heteroatoms. The van der Waals surface area contributed by atoms with Crippen molar-refractivity contribution in [2.75, 3.05) is 26.4 Å². The molecule has 0 aromatic heterocycles. The predicted octanol–water partition coefficient (Wildman–Crippen LogP) is 3.10. The third-order valence-electron chi connectivity index (χ3n) is 5.53. The average Bonchev–Trinajstić information content (AvgIpc) is 2.97. The number of halogens is 2. The standard InChI is InChI=1S/C24H29ClFN3O4S/c1-24(2)20(22(34(31,32)28-24)18-8-10-19(25)11-9-18)14-29(13-12-26)23(30)21(27)16-33-15-17-6-4-3-5-7-17/h3-11,21,28H,12-16,27H2,1-2H3/t21-/m1/s1.